The Morgan fingerprint density at radius 1 is 1.36 bits per heavy atom. The molecular formula is C16H22N4O2. The molecular weight excluding hydrogens is 280 g/mol. The van der Waals surface area contributed by atoms with Gasteiger partial charge in [0.1, 0.15) is 5.76 Å². The minimum absolute atomic E-state index is 0.0153. The van der Waals surface area contributed by atoms with Gasteiger partial charge in [0, 0.05) is 18.8 Å². The highest BCUT2D eigenvalue weighted by Crippen LogP contribution is 2.22. The van der Waals surface area contributed by atoms with Gasteiger partial charge in [-0.3, -0.25) is 9.89 Å². The lowest BCUT2D eigenvalue weighted by molar-refractivity contribution is -0.130. The third-order valence-electron chi connectivity index (χ3n) is 4.21. The number of likely N-dealkylation sites (N-methyl/N-ethyl adjacent to an activating group) is 1. The van der Waals surface area contributed by atoms with Crippen LogP contribution in [0.15, 0.2) is 10.6 Å². The quantitative estimate of drug-likeness (QED) is 0.878. The summed E-state index contributed by atoms with van der Waals surface area (Å²) >= 11 is 0. The molecule has 2 heterocycles. The number of nitrogens with zero attached hydrogens (tertiary/aromatic N) is 3. The fraction of sp³-hybridized carbons (Fsp3) is 0.562. The maximum atomic E-state index is 12.3. The molecule has 2 aromatic rings. The van der Waals surface area contributed by atoms with Gasteiger partial charge in [0.05, 0.1) is 24.4 Å². The fourth-order valence-corrected chi connectivity index (χ4v) is 2.95. The second kappa shape index (κ2) is 6.34. The van der Waals surface area contributed by atoms with E-state index in [1.165, 1.54) is 30.5 Å². The lowest BCUT2D eigenvalue weighted by Gasteiger charge is -2.16. The van der Waals surface area contributed by atoms with Crippen molar-refractivity contribution in [2.45, 2.75) is 52.0 Å². The van der Waals surface area contributed by atoms with E-state index >= 15 is 0 Å². The van der Waals surface area contributed by atoms with Crippen LogP contribution in [0.4, 0.5) is 0 Å². The molecule has 0 saturated carbocycles. The van der Waals surface area contributed by atoms with E-state index in [4.69, 9.17) is 4.52 Å². The molecule has 0 radical (unpaired) electrons. The number of hydrogen-bond donors (Lipinski definition) is 1. The van der Waals surface area contributed by atoms with Gasteiger partial charge in [-0.25, -0.2) is 0 Å². The summed E-state index contributed by atoms with van der Waals surface area (Å²) in [4.78, 5) is 14.0. The average molecular weight is 302 g/mol. The fourth-order valence-electron chi connectivity index (χ4n) is 2.95. The van der Waals surface area contributed by atoms with Crippen LogP contribution in [0.5, 0.6) is 0 Å². The van der Waals surface area contributed by atoms with E-state index in [-0.39, 0.29) is 12.3 Å². The van der Waals surface area contributed by atoms with Crippen LogP contribution in [-0.2, 0) is 30.6 Å². The standard InChI is InChI=1S/C16H22N4O2/c1-11-8-12(22-19-11)9-16(21)20(2)10-15-13-6-4-3-5-7-14(13)17-18-15/h8H,3-7,9-10H2,1-2H3,(H,17,18). The van der Waals surface area contributed by atoms with Gasteiger partial charge in [0.25, 0.3) is 0 Å². The Bertz CT molecular complexity index is 659. The molecule has 22 heavy (non-hydrogen) atoms. The first-order chi connectivity index (χ1) is 10.6. The molecule has 0 aromatic carbocycles. The lowest BCUT2D eigenvalue weighted by Crippen LogP contribution is -2.28. The van der Waals surface area contributed by atoms with Crippen LogP contribution in [-0.4, -0.2) is 33.2 Å². The number of aryl methyl sites for hydroxylation is 2. The van der Waals surface area contributed by atoms with Crippen molar-refractivity contribution in [2.24, 2.45) is 0 Å². The Morgan fingerprint density at radius 3 is 2.95 bits per heavy atom. The largest absolute Gasteiger partial charge is 0.361 e. The molecule has 0 fully saturated rings. The van der Waals surface area contributed by atoms with Gasteiger partial charge in [-0.1, -0.05) is 11.6 Å². The third kappa shape index (κ3) is 3.21. The number of H-pyrrole nitrogens is 1. The molecule has 0 bridgehead atoms. The van der Waals surface area contributed by atoms with Crippen LogP contribution in [0, 0.1) is 6.92 Å². The minimum Gasteiger partial charge on any atom is -0.361 e. The number of rotatable bonds is 4. The first-order valence-corrected chi connectivity index (χ1v) is 7.84. The number of aromatic amines is 1. The van der Waals surface area contributed by atoms with Gasteiger partial charge in [-0.05, 0) is 38.2 Å². The molecule has 6 nitrogen and oxygen atoms in total. The average Bonchev–Trinajstić information content (AvgIpc) is 2.98. The predicted molar refractivity (Wildman–Crippen MR) is 81.3 cm³/mol. The Morgan fingerprint density at radius 2 is 2.18 bits per heavy atom. The number of hydrogen-bond acceptors (Lipinski definition) is 4. The number of carbonyl (C=O) groups excluding carboxylic acids is 1. The summed E-state index contributed by atoms with van der Waals surface area (Å²) in [6.45, 7) is 2.39. The monoisotopic (exact) mass is 302 g/mol. The van der Waals surface area contributed by atoms with Crippen molar-refractivity contribution in [1.29, 1.82) is 0 Å². The molecule has 0 saturated heterocycles. The summed E-state index contributed by atoms with van der Waals surface area (Å²) < 4.78 is 5.11. The summed E-state index contributed by atoms with van der Waals surface area (Å²) in [5.74, 6) is 0.622. The highest BCUT2D eigenvalue weighted by molar-refractivity contribution is 5.77. The first kappa shape index (κ1) is 14.8. The van der Waals surface area contributed by atoms with Crippen molar-refractivity contribution in [3.8, 4) is 0 Å². The summed E-state index contributed by atoms with van der Waals surface area (Å²) in [6.07, 6.45) is 6.05. The first-order valence-electron chi connectivity index (χ1n) is 7.84. The molecule has 1 aliphatic carbocycles. The van der Waals surface area contributed by atoms with Crippen molar-refractivity contribution in [3.05, 3.63) is 34.5 Å². The van der Waals surface area contributed by atoms with E-state index < -0.39 is 0 Å². The van der Waals surface area contributed by atoms with Crippen LogP contribution < -0.4 is 0 Å². The second-order valence-electron chi connectivity index (χ2n) is 6.05. The number of aromatic nitrogens is 3. The van der Waals surface area contributed by atoms with Crippen LogP contribution >= 0.6 is 0 Å². The van der Waals surface area contributed by atoms with Gasteiger partial charge >= 0.3 is 0 Å². The topological polar surface area (TPSA) is 75.0 Å². The zero-order valence-electron chi connectivity index (χ0n) is 13.2. The molecule has 0 atom stereocenters. The Labute approximate surface area is 129 Å². The van der Waals surface area contributed by atoms with E-state index in [1.807, 2.05) is 14.0 Å². The van der Waals surface area contributed by atoms with Crippen LogP contribution in [0.1, 0.15) is 47.7 Å². The van der Waals surface area contributed by atoms with Crippen molar-refractivity contribution < 1.29 is 9.32 Å². The van der Waals surface area contributed by atoms with Crippen molar-refractivity contribution in [1.82, 2.24) is 20.3 Å². The highest BCUT2D eigenvalue weighted by atomic mass is 16.5. The zero-order chi connectivity index (χ0) is 15.5. The van der Waals surface area contributed by atoms with Crippen molar-refractivity contribution in [2.75, 3.05) is 7.05 Å². The molecule has 1 aliphatic rings. The Kier molecular flexibility index (Phi) is 4.27. The van der Waals surface area contributed by atoms with Gasteiger partial charge in [-0.15, -0.1) is 0 Å². The lowest BCUT2D eigenvalue weighted by atomic mass is 10.1. The Hall–Kier alpha value is -2.11. The maximum Gasteiger partial charge on any atom is 0.230 e. The molecule has 1 amide bonds. The molecule has 0 spiro atoms. The summed E-state index contributed by atoms with van der Waals surface area (Å²) in [6, 6.07) is 1.80. The number of nitrogens with one attached hydrogen (secondary N) is 1. The number of carbonyl (C=O) groups is 1. The molecule has 6 heteroatoms. The van der Waals surface area contributed by atoms with E-state index in [0.717, 1.165) is 24.2 Å². The van der Waals surface area contributed by atoms with E-state index in [1.54, 1.807) is 11.0 Å². The molecule has 118 valence electrons. The van der Waals surface area contributed by atoms with E-state index in [9.17, 15) is 4.79 Å². The van der Waals surface area contributed by atoms with Gasteiger partial charge < -0.3 is 9.42 Å². The van der Waals surface area contributed by atoms with Crippen LogP contribution in [0.25, 0.3) is 0 Å². The Balaban J connectivity index is 1.65. The summed E-state index contributed by atoms with van der Waals surface area (Å²) in [5.41, 5.74) is 4.36. The SMILES string of the molecule is Cc1cc(CC(=O)N(C)Cc2n[nH]c3c2CCCCC3)on1. The third-order valence-corrected chi connectivity index (χ3v) is 4.21. The number of amides is 1. The predicted octanol–water partition coefficient (Wildman–Crippen LogP) is 2.18. The second-order valence-corrected chi connectivity index (χ2v) is 6.05. The highest BCUT2D eigenvalue weighted by Gasteiger charge is 2.19. The normalized spacial score (nSPS) is 14.5. The van der Waals surface area contributed by atoms with Gasteiger partial charge in [0.15, 0.2) is 0 Å². The maximum absolute atomic E-state index is 12.3. The summed E-state index contributed by atoms with van der Waals surface area (Å²) in [7, 11) is 1.81. The van der Waals surface area contributed by atoms with Crippen LogP contribution in [0.2, 0.25) is 0 Å². The van der Waals surface area contributed by atoms with E-state index in [2.05, 4.69) is 15.4 Å². The molecule has 1 N–H and O–H groups in total. The molecule has 0 unspecified atom stereocenters. The smallest absolute Gasteiger partial charge is 0.230 e. The summed E-state index contributed by atoms with van der Waals surface area (Å²) in [5, 5.41) is 11.4. The minimum atomic E-state index is 0.0153. The number of fused-ring (bicyclic) bond motifs is 1. The van der Waals surface area contributed by atoms with Gasteiger partial charge in [0.2, 0.25) is 5.91 Å². The molecule has 3 rings (SSSR count). The molecule has 0 aliphatic heterocycles. The van der Waals surface area contributed by atoms with Gasteiger partial charge in [-0.2, -0.15) is 5.10 Å². The van der Waals surface area contributed by atoms with Crippen molar-refractivity contribution in [3.63, 3.8) is 0 Å². The zero-order valence-corrected chi connectivity index (χ0v) is 13.2. The van der Waals surface area contributed by atoms with Crippen LogP contribution in [0.3, 0.4) is 0 Å². The molecule has 2 aromatic heterocycles. The van der Waals surface area contributed by atoms with E-state index in [0.29, 0.717) is 12.3 Å². The van der Waals surface area contributed by atoms with Crippen molar-refractivity contribution >= 4 is 5.91 Å².